The Morgan fingerprint density at radius 1 is 1.33 bits per heavy atom. The van der Waals surface area contributed by atoms with Gasteiger partial charge in [-0.15, -0.1) is 0 Å². The van der Waals surface area contributed by atoms with E-state index >= 15 is 0 Å². The van der Waals surface area contributed by atoms with Crippen LogP contribution in [0.25, 0.3) is 0 Å². The number of sulfonamides is 1. The van der Waals surface area contributed by atoms with Crippen molar-refractivity contribution in [2.75, 3.05) is 17.6 Å². The molecular formula is C12H15NO7S. The zero-order chi connectivity index (χ0) is 16.0. The molecule has 0 amide bonds. The van der Waals surface area contributed by atoms with Crippen molar-refractivity contribution in [3.8, 4) is 5.75 Å². The van der Waals surface area contributed by atoms with E-state index in [2.05, 4.69) is 9.46 Å². The van der Waals surface area contributed by atoms with Crippen molar-refractivity contribution in [2.24, 2.45) is 0 Å². The van der Waals surface area contributed by atoms with Crippen LogP contribution in [0, 0.1) is 0 Å². The average molecular weight is 317 g/mol. The zero-order valence-corrected chi connectivity index (χ0v) is 12.0. The number of phenols is 1. The van der Waals surface area contributed by atoms with Gasteiger partial charge in [0, 0.05) is 12.1 Å². The van der Waals surface area contributed by atoms with Gasteiger partial charge < -0.3 is 14.9 Å². The summed E-state index contributed by atoms with van der Waals surface area (Å²) in [4.78, 5) is 21.7. The minimum absolute atomic E-state index is 0.0169. The number of carboxylic acids is 1. The molecule has 0 aliphatic rings. The number of nitrogens with one attached hydrogen (secondary N) is 1. The quantitative estimate of drug-likeness (QED) is 0.500. The second-order valence-corrected chi connectivity index (χ2v) is 5.98. The number of hydrogen-bond acceptors (Lipinski definition) is 6. The summed E-state index contributed by atoms with van der Waals surface area (Å²) in [5, 5.41) is 18.2. The van der Waals surface area contributed by atoms with Crippen LogP contribution in [-0.4, -0.2) is 43.4 Å². The summed E-state index contributed by atoms with van der Waals surface area (Å²) in [5.74, 6) is -2.66. The molecule has 0 saturated carbocycles. The van der Waals surface area contributed by atoms with Crippen molar-refractivity contribution in [1.29, 1.82) is 0 Å². The van der Waals surface area contributed by atoms with Gasteiger partial charge in [0.05, 0.1) is 12.9 Å². The lowest BCUT2D eigenvalue weighted by atomic mass is 10.2. The summed E-state index contributed by atoms with van der Waals surface area (Å²) < 4.78 is 30.1. The van der Waals surface area contributed by atoms with Crippen molar-refractivity contribution in [1.82, 2.24) is 0 Å². The fourth-order valence-corrected chi connectivity index (χ4v) is 2.62. The maximum absolute atomic E-state index is 11.8. The monoisotopic (exact) mass is 317 g/mol. The molecule has 8 nitrogen and oxygen atoms in total. The molecule has 21 heavy (non-hydrogen) atoms. The van der Waals surface area contributed by atoms with Gasteiger partial charge in [0.2, 0.25) is 10.0 Å². The van der Waals surface area contributed by atoms with Gasteiger partial charge in [-0.05, 0) is 24.6 Å². The Bertz CT molecular complexity index is 639. The molecule has 0 radical (unpaired) electrons. The number of carboxylic acid groups (broad SMARTS) is 1. The maximum atomic E-state index is 11.8. The summed E-state index contributed by atoms with van der Waals surface area (Å²) >= 11 is 0. The van der Waals surface area contributed by atoms with Crippen LogP contribution in [0.3, 0.4) is 0 Å². The molecule has 3 N–H and O–H groups in total. The van der Waals surface area contributed by atoms with Crippen molar-refractivity contribution in [2.45, 2.75) is 12.8 Å². The number of carbonyl (C=O) groups is 2. The number of anilines is 1. The molecule has 0 atom stereocenters. The van der Waals surface area contributed by atoms with E-state index in [0.717, 1.165) is 12.1 Å². The minimum Gasteiger partial charge on any atom is -0.507 e. The predicted octanol–water partition coefficient (Wildman–Crippen LogP) is 0.785. The predicted molar refractivity (Wildman–Crippen MR) is 73.7 cm³/mol. The first kappa shape index (κ1) is 16.8. The van der Waals surface area contributed by atoms with Gasteiger partial charge in [-0.25, -0.2) is 13.2 Å². The van der Waals surface area contributed by atoms with Gasteiger partial charge >= 0.3 is 11.9 Å². The first-order chi connectivity index (χ1) is 9.75. The Labute approximate surface area is 121 Å². The summed E-state index contributed by atoms with van der Waals surface area (Å²) in [7, 11) is -2.52. The standard InChI is InChI=1S/C12H15NO7S/c1-20-11(15)3-2-6-21(18,19)13-8-4-5-10(14)9(7-8)12(16)17/h4-5,7,13-14H,2-3,6H2,1H3,(H,16,17). The molecule has 1 aromatic rings. The molecule has 0 aliphatic heterocycles. The maximum Gasteiger partial charge on any atom is 0.339 e. The molecule has 0 aliphatic carbocycles. The van der Waals surface area contributed by atoms with Crippen LogP contribution in [0.15, 0.2) is 18.2 Å². The molecule has 116 valence electrons. The molecule has 1 rings (SSSR count). The number of carbonyl (C=O) groups excluding carboxylic acids is 1. The largest absolute Gasteiger partial charge is 0.507 e. The van der Waals surface area contributed by atoms with Crippen LogP contribution >= 0.6 is 0 Å². The smallest absolute Gasteiger partial charge is 0.339 e. The summed E-state index contributed by atoms with van der Waals surface area (Å²) in [6, 6.07) is 3.32. The first-order valence-corrected chi connectivity index (χ1v) is 7.54. The van der Waals surface area contributed by atoms with Crippen molar-refractivity contribution in [3.63, 3.8) is 0 Å². The number of benzene rings is 1. The second-order valence-electron chi connectivity index (χ2n) is 4.14. The van der Waals surface area contributed by atoms with Crippen LogP contribution in [0.4, 0.5) is 5.69 Å². The highest BCUT2D eigenvalue weighted by molar-refractivity contribution is 7.92. The van der Waals surface area contributed by atoms with E-state index in [-0.39, 0.29) is 24.3 Å². The van der Waals surface area contributed by atoms with E-state index in [0.29, 0.717) is 0 Å². The van der Waals surface area contributed by atoms with E-state index < -0.39 is 33.3 Å². The summed E-state index contributed by atoms with van der Waals surface area (Å²) in [5.41, 5.74) is -0.395. The third-order valence-electron chi connectivity index (χ3n) is 2.52. The summed E-state index contributed by atoms with van der Waals surface area (Å²) in [6.45, 7) is 0. The van der Waals surface area contributed by atoms with Gasteiger partial charge in [0.25, 0.3) is 0 Å². The van der Waals surface area contributed by atoms with Crippen molar-refractivity contribution >= 4 is 27.6 Å². The van der Waals surface area contributed by atoms with Crippen LogP contribution in [0.1, 0.15) is 23.2 Å². The Kier molecular flexibility index (Phi) is 5.53. The number of methoxy groups -OCH3 is 1. The SMILES string of the molecule is COC(=O)CCCS(=O)(=O)Nc1ccc(O)c(C(=O)O)c1. The van der Waals surface area contributed by atoms with Gasteiger partial charge in [-0.3, -0.25) is 9.52 Å². The van der Waals surface area contributed by atoms with Gasteiger partial charge in [0.15, 0.2) is 0 Å². The number of esters is 1. The molecule has 0 aromatic heterocycles. The van der Waals surface area contributed by atoms with Gasteiger partial charge in [-0.1, -0.05) is 0 Å². The van der Waals surface area contributed by atoms with Gasteiger partial charge in [0.1, 0.15) is 11.3 Å². The highest BCUT2D eigenvalue weighted by atomic mass is 32.2. The van der Waals surface area contributed by atoms with Crippen LogP contribution in [-0.2, 0) is 19.6 Å². The molecule has 0 unspecified atom stereocenters. The normalized spacial score (nSPS) is 10.9. The third-order valence-corrected chi connectivity index (χ3v) is 3.89. The minimum atomic E-state index is -3.73. The zero-order valence-electron chi connectivity index (χ0n) is 11.2. The van der Waals surface area contributed by atoms with Crippen LogP contribution in [0.5, 0.6) is 5.75 Å². The lowest BCUT2D eigenvalue weighted by Gasteiger charge is -2.09. The van der Waals surface area contributed by atoms with Crippen molar-refractivity contribution < 1.29 is 33.0 Å². The van der Waals surface area contributed by atoms with E-state index in [9.17, 15) is 23.1 Å². The number of rotatable bonds is 7. The van der Waals surface area contributed by atoms with E-state index in [1.165, 1.54) is 13.2 Å². The number of hydrogen-bond donors (Lipinski definition) is 3. The van der Waals surface area contributed by atoms with E-state index in [4.69, 9.17) is 5.11 Å². The molecular weight excluding hydrogens is 302 g/mol. The fraction of sp³-hybridized carbons (Fsp3) is 0.333. The average Bonchev–Trinajstić information content (AvgIpc) is 2.39. The second kappa shape index (κ2) is 6.93. The molecule has 0 spiro atoms. The Morgan fingerprint density at radius 2 is 2.00 bits per heavy atom. The molecule has 0 heterocycles. The molecule has 0 fully saturated rings. The highest BCUT2D eigenvalue weighted by Gasteiger charge is 2.15. The lowest BCUT2D eigenvalue weighted by molar-refractivity contribution is -0.140. The number of ether oxygens (including phenoxy) is 1. The fourth-order valence-electron chi connectivity index (χ4n) is 1.51. The molecule has 9 heteroatoms. The molecule has 0 bridgehead atoms. The molecule has 1 aromatic carbocycles. The van der Waals surface area contributed by atoms with Crippen LogP contribution in [0.2, 0.25) is 0 Å². The third kappa shape index (κ3) is 5.30. The van der Waals surface area contributed by atoms with Crippen molar-refractivity contribution in [3.05, 3.63) is 23.8 Å². The van der Waals surface area contributed by atoms with Gasteiger partial charge in [-0.2, -0.15) is 0 Å². The number of aromatic carboxylic acids is 1. The Morgan fingerprint density at radius 3 is 2.57 bits per heavy atom. The lowest BCUT2D eigenvalue weighted by Crippen LogP contribution is -2.18. The topological polar surface area (TPSA) is 130 Å². The van der Waals surface area contributed by atoms with E-state index in [1.807, 2.05) is 0 Å². The van der Waals surface area contributed by atoms with E-state index in [1.54, 1.807) is 0 Å². The summed E-state index contributed by atoms with van der Waals surface area (Å²) in [6.07, 6.45) is 0.0409. The highest BCUT2D eigenvalue weighted by Crippen LogP contribution is 2.22. The van der Waals surface area contributed by atoms with Crippen LogP contribution < -0.4 is 4.72 Å². The first-order valence-electron chi connectivity index (χ1n) is 5.89. The molecule has 0 saturated heterocycles. The Hall–Kier alpha value is -2.29. The number of aromatic hydroxyl groups is 1. The Balaban J connectivity index is 2.73.